The van der Waals surface area contributed by atoms with Gasteiger partial charge in [-0.3, -0.25) is 9.48 Å². The molecule has 0 aromatic carbocycles. The highest BCUT2D eigenvalue weighted by atomic mass is 16.2. The number of nitrogens with zero attached hydrogens (tertiary/aromatic N) is 2. The lowest BCUT2D eigenvalue weighted by atomic mass is 10.2. The van der Waals surface area contributed by atoms with Gasteiger partial charge in [0.1, 0.15) is 0 Å². The van der Waals surface area contributed by atoms with Crippen LogP contribution in [0.4, 0.5) is 0 Å². The number of carbonyl (C=O) groups excluding carboxylic acids is 1. The number of aromatic nitrogens is 2. The number of hydrogen-bond acceptors (Lipinski definition) is 3. The predicted octanol–water partition coefficient (Wildman–Crippen LogP) is 0.351. The highest BCUT2D eigenvalue weighted by Crippen LogP contribution is 2.18. The Morgan fingerprint density at radius 1 is 1.59 bits per heavy atom. The Hall–Kier alpha value is -1.36. The van der Waals surface area contributed by atoms with E-state index in [1.54, 1.807) is 0 Å². The number of amides is 1. The van der Waals surface area contributed by atoms with Gasteiger partial charge in [0.05, 0.1) is 12.2 Å². The van der Waals surface area contributed by atoms with E-state index in [9.17, 15) is 4.79 Å². The molecule has 0 atom stereocenters. The molecule has 0 spiro atoms. The number of rotatable bonds is 6. The van der Waals surface area contributed by atoms with Gasteiger partial charge >= 0.3 is 0 Å². The average Bonchev–Trinajstić information content (AvgIpc) is 3.01. The first-order valence-electron chi connectivity index (χ1n) is 6.20. The second-order valence-corrected chi connectivity index (χ2v) is 4.57. The van der Waals surface area contributed by atoms with Crippen molar-refractivity contribution in [3.05, 3.63) is 17.5 Å². The second-order valence-electron chi connectivity index (χ2n) is 4.57. The van der Waals surface area contributed by atoms with Crippen molar-refractivity contribution >= 4 is 5.91 Å². The van der Waals surface area contributed by atoms with Gasteiger partial charge in [-0.2, -0.15) is 5.10 Å². The monoisotopic (exact) mass is 236 g/mol. The van der Waals surface area contributed by atoms with Crippen LogP contribution in [0, 0.1) is 0 Å². The second kappa shape index (κ2) is 5.31. The predicted molar refractivity (Wildman–Crippen MR) is 65.5 cm³/mol. The van der Waals surface area contributed by atoms with Crippen molar-refractivity contribution in [1.82, 2.24) is 20.4 Å². The Balaban J connectivity index is 1.74. The Morgan fingerprint density at radius 3 is 3.00 bits per heavy atom. The molecule has 0 saturated heterocycles. The van der Waals surface area contributed by atoms with E-state index in [0.29, 0.717) is 19.1 Å². The van der Waals surface area contributed by atoms with E-state index in [-0.39, 0.29) is 5.91 Å². The topological polar surface area (TPSA) is 59.0 Å². The van der Waals surface area contributed by atoms with Gasteiger partial charge < -0.3 is 10.6 Å². The van der Waals surface area contributed by atoms with Crippen LogP contribution in [0.5, 0.6) is 0 Å². The van der Waals surface area contributed by atoms with Crippen LogP contribution in [0.1, 0.15) is 31.0 Å². The van der Waals surface area contributed by atoms with E-state index in [1.165, 1.54) is 5.56 Å². The summed E-state index contributed by atoms with van der Waals surface area (Å²) >= 11 is 0. The van der Waals surface area contributed by atoms with Crippen molar-refractivity contribution in [1.29, 1.82) is 0 Å². The molecule has 0 bridgehead atoms. The summed E-state index contributed by atoms with van der Waals surface area (Å²) in [6.45, 7) is 3.18. The third kappa shape index (κ3) is 3.56. The smallest absolute Gasteiger partial charge is 0.234 e. The van der Waals surface area contributed by atoms with E-state index in [2.05, 4.69) is 22.7 Å². The van der Waals surface area contributed by atoms with E-state index in [1.807, 2.05) is 17.9 Å². The summed E-state index contributed by atoms with van der Waals surface area (Å²) in [5.74, 6) is 0.0921. The van der Waals surface area contributed by atoms with Crippen LogP contribution in [-0.2, 0) is 24.8 Å². The Bertz CT molecular complexity index is 395. The Labute approximate surface area is 102 Å². The third-order valence-electron chi connectivity index (χ3n) is 2.87. The molecule has 5 nitrogen and oxygen atoms in total. The van der Waals surface area contributed by atoms with Gasteiger partial charge in [-0.1, -0.05) is 6.92 Å². The lowest BCUT2D eigenvalue weighted by Gasteiger charge is -2.05. The molecule has 1 fully saturated rings. The van der Waals surface area contributed by atoms with Crippen LogP contribution >= 0.6 is 0 Å². The summed E-state index contributed by atoms with van der Waals surface area (Å²) < 4.78 is 1.82. The minimum Gasteiger partial charge on any atom is -0.352 e. The van der Waals surface area contributed by atoms with Crippen molar-refractivity contribution in [3.63, 3.8) is 0 Å². The highest BCUT2D eigenvalue weighted by Gasteiger charge is 2.22. The van der Waals surface area contributed by atoms with E-state index < -0.39 is 0 Å². The minimum absolute atomic E-state index is 0.0921. The molecule has 0 aliphatic heterocycles. The maximum absolute atomic E-state index is 11.4. The first-order valence-corrected chi connectivity index (χ1v) is 6.20. The fraction of sp³-hybridized carbons (Fsp3) is 0.667. The molecule has 2 N–H and O–H groups in total. The summed E-state index contributed by atoms with van der Waals surface area (Å²) in [4.78, 5) is 11.4. The van der Waals surface area contributed by atoms with E-state index >= 15 is 0 Å². The number of nitrogens with one attached hydrogen (secondary N) is 2. The normalized spacial score (nSPS) is 14.9. The van der Waals surface area contributed by atoms with Gasteiger partial charge in [-0.25, -0.2) is 0 Å². The summed E-state index contributed by atoms with van der Waals surface area (Å²) in [6, 6.07) is 0.439. The molecular weight excluding hydrogens is 216 g/mol. The van der Waals surface area contributed by atoms with Gasteiger partial charge in [-0.05, 0) is 19.3 Å². The molecule has 0 radical (unpaired) electrons. The summed E-state index contributed by atoms with van der Waals surface area (Å²) in [5.41, 5.74) is 2.27. The first-order chi connectivity index (χ1) is 8.19. The molecule has 1 heterocycles. The molecule has 1 aliphatic carbocycles. The van der Waals surface area contributed by atoms with Crippen molar-refractivity contribution in [2.45, 2.75) is 38.8 Å². The van der Waals surface area contributed by atoms with Gasteiger partial charge in [0.25, 0.3) is 0 Å². The number of aryl methyl sites for hydroxylation is 2. The molecule has 0 unspecified atom stereocenters. The van der Waals surface area contributed by atoms with Crippen molar-refractivity contribution in [3.8, 4) is 0 Å². The fourth-order valence-electron chi connectivity index (χ4n) is 1.85. The standard InChI is InChI=1S/C12H20N4O/c1-3-11-9(8-16(2)15-11)6-13-7-12(17)14-10-4-5-10/h8,10,13H,3-7H2,1-2H3,(H,14,17). The quantitative estimate of drug-likeness (QED) is 0.749. The van der Waals surface area contributed by atoms with Crippen LogP contribution < -0.4 is 10.6 Å². The largest absolute Gasteiger partial charge is 0.352 e. The molecule has 2 rings (SSSR count). The molecular formula is C12H20N4O. The number of hydrogen-bond donors (Lipinski definition) is 2. The zero-order valence-electron chi connectivity index (χ0n) is 10.5. The molecule has 94 valence electrons. The maximum atomic E-state index is 11.4. The fourth-order valence-corrected chi connectivity index (χ4v) is 1.85. The van der Waals surface area contributed by atoms with Crippen LogP contribution in [0.15, 0.2) is 6.20 Å². The van der Waals surface area contributed by atoms with Gasteiger partial charge in [0.2, 0.25) is 5.91 Å². The third-order valence-corrected chi connectivity index (χ3v) is 2.87. The highest BCUT2D eigenvalue weighted by molar-refractivity contribution is 5.78. The molecule has 1 amide bonds. The van der Waals surface area contributed by atoms with Crippen molar-refractivity contribution in [2.75, 3.05) is 6.54 Å². The zero-order chi connectivity index (χ0) is 12.3. The van der Waals surface area contributed by atoms with Crippen LogP contribution in [0.25, 0.3) is 0 Å². The molecule has 1 aliphatic rings. The lowest BCUT2D eigenvalue weighted by molar-refractivity contribution is -0.120. The van der Waals surface area contributed by atoms with E-state index in [4.69, 9.17) is 0 Å². The van der Waals surface area contributed by atoms with Crippen molar-refractivity contribution < 1.29 is 4.79 Å². The van der Waals surface area contributed by atoms with Crippen LogP contribution in [0.2, 0.25) is 0 Å². The van der Waals surface area contributed by atoms with Gasteiger partial charge in [-0.15, -0.1) is 0 Å². The zero-order valence-corrected chi connectivity index (χ0v) is 10.5. The summed E-state index contributed by atoms with van der Waals surface area (Å²) in [5, 5.41) is 10.5. The first kappa shape index (κ1) is 12.1. The number of carbonyl (C=O) groups is 1. The maximum Gasteiger partial charge on any atom is 0.234 e. The van der Waals surface area contributed by atoms with Gasteiger partial charge in [0.15, 0.2) is 0 Å². The van der Waals surface area contributed by atoms with Crippen molar-refractivity contribution in [2.24, 2.45) is 7.05 Å². The Kier molecular flexibility index (Phi) is 3.78. The van der Waals surface area contributed by atoms with Gasteiger partial charge in [0, 0.05) is 31.4 Å². The lowest BCUT2D eigenvalue weighted by Crippen LogP contribution is -2.34. The Morgan fingerprint density at radius 2 is 2.35 bits per heavy atom. The van der Waals surface area contributed by atoms with E-state index in [0.717, 1.165) is 25.0 Å². The molecule has 1 saturated carbocycles. The molecule has 1 aromatic heterocycles. The van der Waals surface area contributed by atoms with Crippen LogP contribution in [0.3, 0.4) is 0 Å². The van der Waals surface area contributed by atoms with Crippen LogP contribution in [-0.4, -0.2) is 28.3 Å². The summed E-state index contributed by atoms with van der Waals surface area (Å²) in [7, 11) is 1.92. The minimum atomic E-state index is 0.0921. The molecule has 5 heteroatoms. The average molecular weight is 236 g/mol. The molecule has 1 aromatic rings. The SMILES string of the molecule is CCc1nn(C)cc1CNCC(=O)NC1CC1. The molecule has 17 heavy (non-hydrogen) atoms. The summed E-state index contributed by atoms with van der Waals surface area (Å²) in [6.07, 6.45) is 5.19.